The van der Waals surface area contributed by atoms with E-state index in [1.807, 2.05) is 4.72 Å². The zero-order valence-corrected chi connectivity index (χ0v) is 12.1. The van der Waals surface area contributed by atoms with Crippen LogP contribution in [0, 0.1) is 10.1 Å². The Labute approximate surface area is 125 Å². The van der Waals surface area contributed by atoms with Crippen LogP contribution < -0.4 is 14.2 Å². The molecule has 0 amide bonds. The van der Waals surface area contributed by atoms with Crippen LogP contribution in [-0.2, 0) is 10.0 Å². The number of benzene rings is 1. The van der Waals surface area contributed by atoms with E-state index >= 15 is 0 Å². The van der Waals surface area contributed by atoms with Crippen LogP contribution >= 0.6 is 0 Å². The van der Waals surface area contributed by atoms with Gasteiger partial charge in [-0.1, -0.05) is 0 Å². The predicted molar refractivity (Wildman–Crippen MR) is 72.4 cm³/mol. The number of sulfonamides is 1. The fraction of sp³-hybridized carbons (Fsp3) is 0.455. The highest BCUT2D eigenvalue weighted by atomic mass is 32.2. The van der Waals surface area contributed by atoms with Crippen molar-refractivity contribution in [1.29, 1.82) is 0 Å². The SMILES string of the molecule is O=[N+]([O-])c1cc2c(cc1S(=O)(=O)NC[C@@H](O)CO)OCCO2. The van der Waals surface area contributed by atoms with Gasteiger partial charge < -0.3 is 19.7 Å². The third kappa shape index (κ3) is 3.44. The second kappa shape index (κ2) is 6.44. The molecular weight excluding hydrogens is 320 g/mol. The summed E-state index contributed by atoms with van der Waals surface area (Å²) >= 11 is 0. The van der Waals surface area contributed by atoms with E-state index in [2.05, 4.69) is 0 Å². The summed E-state index contributed by atoms with van der Waals surface area (Å²) in [5.74, 6) is 0.173. The maximum atomic E-state index is 12.2. The molecule has 0 bridgehead atoms. The Morgan fingerprint density at radius 3 is 2.45 bits per heavy atom. The number of hydrogen-bond acceptors (Lipinski definition) is 8. The van der Waals surface area contributed by atoms with Crippen molar-refractivity contribution in [3.05, 3.63) is 22.2 Å². The Morgan fingerprint density at radius 1 is 1.32 bits per heavy atom. The van der Waals surface area contributed by atoms with E-state index in [1.54, 1.807) is 0 Å². The molecule has 11 heteroatoms. The summed E-state index contributed by atoms with van der Waals surface area (Å²) in [6.45, 7) is -0.728. The van der Waals surface area contributed by atoms with Gasteiger partial charge in [0, 0.05) is 12.6 Å². The van der Waals surface area contributed by atoms with Crippen molar-refractivity contribution >= 4 is 15.7 Å². The smallest absolute Gasteiger partial charge is 0.293 e. The topological polar surface area (TPSA) is 148 Å². The van der Waals surface area contributed by atoms with Gasteiger partial charge in [0.15, 0.2) is 16.4 Å². The van der Waals surface area contributed by atoms with E-state index in [9.17, 15) is 23.6 Å². The summed E-state index contributed by atoms with van der Waals surface area (Å²) in [7, 11) is -4.27. The second-order valence-corrected chi connectivity index (χ2v) is 6.14. The minimum Gasteiger partial charge on any atom is -0.486 e. The van der Waals surface area contributed by atoms with E-state index in [-0.39, 0.29) is 24.7 Å². The van der Waals surface area contributed by atoms with Gasteiger partial charge in [-0.2, -0.15) is 0 Å². The molecule has 1 aromatic rings. The number of nitro groups is 1. The number of nitrogens with zero attached hydrogens (tertiary/aromatic N) is 1. The molecule has 3 N–H and O–H groups in total. The quantitative estimate of drug-likeness (QED) is 0.443. The van der Waals surface area contributed by atoms with Crippen molar-refractivity contribution in [1.82, 2.24) is 4.72 Å². The molecule has 0 aliphatic carbocycles. The van der Waals surface area contributed by atoms with Crippen LogP contribution in [0.25, 0.3) is 0 Å². The molecule has 0 saturated heterocycles. The summed E-state index contributed by atoms with van der Waals surface area (Å²) in [5.41, 5.74) is -0.671. The fourth-order valence-corrected chi connectivity index (χ4v) is 3.00. The lowest BCUT2D eigenvalue weighted by Gasteiger charge is -2.19. The first kappa shape index (κ1) is 16.4. The number of ether oxygens (including phenoxy) is 2. The largest absolute Gasteiger partial charge is 0.486 e. The number of aliphatic hydroxyl groups excluding tert-OH is 2. The normalized spacial score (nSPS) is 15.4. The van der Waals surface area contributed by atoms with E-state index in [1.165, 1.54) is 0 Å². The van der Waals surface area contributed by atoms with Crippen molar-refractivity contribution in [2.24, 2.45) is 0 Å². The van der Waals surface area contributed by atoms with Gasteiger partial charge >= 0.3 is 0 Å². The molecule has 122 valence electrons. The van der Waals surface area contributed by atoms with Crippen LogP contribution in [0.2, 0.25) is 0 Å². The third-order valence-corrected chi connectivity index (χ3v) is 4.28. The fourth-order valence-electron chi connectivity index (χ4n) is 1.77. The highest BCUT2D eigenvalue weighted by Gasteiger charge is 2.30. The molecule has 0 saturated carbocycles. The molecule has 10 nitrogen and oxygen atoms in total. The van der Waals surface area contributed by atoms with Crippen LogP contribution in [-0.4, -0.2) is 56.0 Å². The maximum absolute atomic E-state index is 12.2. The van der Waals surface area contributed by atoms with Crippen LogP contribution in [0.15, 0.2) is 17.0 Å². The molecule has 2 rings (SSSR count). The summed E-state index contributed by atoms with van der Waals surface area (Å²) in [4.78, 5) is 9.62. The molecule has 1 aliphatic rings. The average molecular weight is 334 g/mol. The molecule has 1 aliphatic heterocycles. The average Bonchev–Trinajstić information content (AvgIpc) is 2.51. The van der Waals surface area contributed by atoms with E-state index in [4.69, 9.17) is 14.6 Å². The summed E-state index contributed by atoms with van der Waals surface area (Å²) in [5, 5.41) is 28.9. The van der Waals surface area contributed by atoms with Gasteiger partial charge in [0.25, 0.3) is 5.69 Å². The number of hydrogen-bond donors (Lipinski definition) is 3. The number of nitro benzene ring substituents is 1. The van der Waals surface area contributed by atoms with Gasteiger partial charge in [0.05, 0.1) is 23.7 Å². The molecular formula is C11H14N2O8S. The molecule has 0 spiro atoms. The molecule has 0 radical (unpaired) electrons. The summed E-state index contributed by atoms with van der Waals surface area (Å²) in [6.07, 6.45) is -1.31. The standard InChI is InChI=1S/C11H14N2O8S/c14-6-7(15)5-12-22(18,19)11-4-10-9(20-1-2-21-10)3-8(11)13(16)17/h3-4,7,12,14-15H,1-2,5-6H2/t7-/m1/s1. The van der Waals surface area contributed by atoms with Gasteiger partial charge in [-0.05, 0) is 0 Å². The predicted octanol–water partition coefficient (Wildman–Crippen LogP) is -1.00. The first-order chi connectivity index (χ1) is 10.3. The second-order valence-electron chi connectivity index (χ2n) is 4.41. The van der Waals surface area contributed by atoms with Gasteiger partial charge in [-0.15, -0.1) is 0 Å². The minimum atomic E-state index is -4.27. The molecule has 1 aromatic carbocycles. The Kier molecular flexibility index (Phi) is 4.81. The van der Waals surface area contributed by atoms with E-state index < -0.39 is 44.8 Å². The zero-order valence-electron chi connectivity index (χ0n) is 11.3. The van der Waals surface area contributed by atoms with Crippen molar-refractivity contribution in [2.45, 2.75) is 11.0 Å². The lowest BCUT2D eigenvalue weighted by Crippen LogP contribution is -2.34. The molecule has 0 aromatic heterocycles. The highest BCUT2D eigenvalue weighted by Crippen LogP contribution is 2.38. The maximum Gasteiger partial charge on any atom is 0.293 e. The lowest BCUT2D eigenvalue weighted by atomic mass is 10.2. The summed E-state index contributed by atoms with van der Waals surface area (Å²) < 4.78 is 36.7. The monoisotopic (exact) mass is 334 g/mol. The van der Waals surface area contributed by atoms with Gasteiger partial charge in [-0.3, -0.25) is 10.1 Å². The van der Waals surface area contributed by atoms with E-state index in [0.717, 1.165) is 12.1 Å². The van der Waals surface area contributed by atoms with Gasteiger partial charge in [-0.25, -0.2) is 13.1 Å². The number of fused-ring (bicyclic) bond motifs is 1. The lowest BCUT2D eigenvalue weighted by molar-refractivity contribution is -0.388. The van der Waals surface area contributed by atoms with Gasteiger partial charge in [0.2, 0.25) is 10.0 Å². The first-order valence-corrected chi connectivity index (χ1v) is 7.70. The Morgan fingerprint density at radius 2 is 1.91 bits per heavy atom. The van der Waals surface area contributed by atoms with Crippen molar-refractivity contribution < 1.29 is 33.0 Å². The van der Waals surface area contributed by atoms with Crippen LogP contribution in [0.3, 0.4) is 0 Å². The molecule has 0 unspecified atom stereocenters. The molecule has 1 atom stereocenters. The van der Waals surface area contributed by atoms with Crippen LogP contribution in [0.5, 0.6) is 11.5 Å². The van der Waals surface area contributed by atoms with E-state index in [0.29, 0.717) is 0 Å². The Bertz CT molecular complexity index is 675. The Balaban J connectivity index is 2.41. The zero-order chi connectivity index (χ0) is 16.3. The van der Waals surface area contributed by atoms with Gasteiger partial charge in [0.1, 0.15) is 13.2 Å². The first-order valence-electron chi connectivity index (χ1n) is 6.22. The highest BCUT2D eigenvalue weighted by molar-refractivity contribution is 7.89. The van der Waals surface area contributed by atoms with Crippen molar-refractivity contribution in [2.75, 3.05) is 26.4 Å². The molecule has 0 fully saturated rings. The van der Waals surface area contributed by atoms with Crippen molar-refractivity contribution in [3.8, 4) is 11.5 Å². The number of nitrogens with one attached hydrogen (secondary N) is 1. The third-order valence-electron chi connectivity index (χ3n) is 2.83. The minimum absolute atomic E-state index is 0.0833. The number of rotatable bonds is 6. The summed E-state index contributed by atoms with van der Waals surface area (Å²) in [6, 6.07) is 1.98. The molecule has 22 heavy (non-hydrogen) atoms. The van der Waals surface area contributed by atoms with Crippen LogP contribution in [0.4, 0.5) is 5.69 Å². The number of aliphatic hydroxyl groups is 2. The van der Waals surface area contributed by atoms with Crippen LogP contribution in [0.1, 0.15) is 0 Å². The molecule has 1 heterocycles. The Hall–Kier alpha value is -1.95. The van der Waals surface area contributed by atoms with Crippen molar-refractivity contribution in [3.63, 3.8) is 0 Å².